The molecule has 2 aliphatic rings. The fraction of sp³-hybridized carbons (Fsp3) is 0.467. The molecule has 1 heterocycles. The van der Waals surface area contributed by atoms with Gasteiger partial charge in [0.15, 0.2) is 0 Å². The zero-order valence-corrected chi connectivity index (χ0v) is 11.0. The Hall–Kier alpha value is -1.84. The molecule has 1 aromatic carbocycles. The van der Waals surface area contributed by atoms with E-state index in [2.05, 4.69) is 0 Å². The molecule has 1 saturated carbocycles. The molecule has 1 amide bonds. The average molecular weight is 259 g/mol. The lowest BCUT2D eigenvalue weighted by Crippen LogP contribution is -2.43. The van der Waals surface area contributed by atoms with E-state index in [9.17, 15) is 14.7 Å². The van der Waals surface area contributed by atoms with Gasteiger partial charge in [-0.15, -0.1) is 0 Å². The second-order valence-corrected chi connectivity index (χ2v) is 5.46. The molecular weight excluding hydrogens is 242 g/mol. The van der Waals surface area contributed by atoms with Gasteiger partial charge < -0.3 is 10.0 Å². The van der Waals surface area contributed by atoms with Gasteiger partial charge in [-0.25, -0.2) is 0 Å². The van der Waals surface area contributed by atoms with Crippen molar-refractivity contribution in [2.45, 2.75) is 38.0 Å². The molecule has 0 aromatic heterocycles. The third kappa shape index (κ3) is 1.59. The number of aliphatic carboxylic acids is 1. The predicted octanol–water partition coefficient (Wildman–Crippen LogP) is 2.10. The van der Waals surface area contributed by atoms with Crippen LogP contribution in [0.3, 0.4) is 0 Å². The molecule has 0 unspecified atom stereocenters. The fourth-order valence-electron chi connectivity index (χ4n) is 3.34. The van der Waals surface area contributed by atoms with E-state index in [1.165, 1.54) is 0 Å². The van der Waals surface area contributed by atoms with E-state index in [1.54, 1.807) is 11.8 Å². The summed E-state index contributed by atoms with van der Waals surface area (Å²) in [7, 11) is 0. The van der Waals surface area contributed by atoms with Crippen LogP contribution in [-0.4, -0.2) is 23.5 Å². The van der Waals surface area contributed by atoms with Gasteiger partial charge in [0.1, 0.15) is 0 Å². The maximum Gasteiger partial charge on any atom is 0.314 e. The van der Waals surface area contributed by atoms with Crippen LogP contribution in [0.5, 0.6) is 0 Å². The van der Waals surface area contributed by atoms with E-state index in [1.807, 2.05) is 18.2 Å². The summed E-state index contributed by atoms with van der Waals surface area (Å²) in [5, 5.41) is 9.56. The van der Waals surface area contributed by atoms with Gasteiger partial charge in [0.25, 0.3) is 0 Å². The van der Waals surface area contributed by atoms with Crippen molar-refractivity contribution in [2.24, 2.45) is 0 Å². The quantitative estimate of drug-likeness (QED) is 0.884. The van der Waals surface area contributed by atoms with Crippen LogP contribution in [0.15, 0.2) is 18.2 Å². The van der Waals surface area contributed by atoms with Gasteiger partial charge in [-0.2, -0.15) is 0 Å². The van der Waals surface area contributed by atoms with E-state index in [-0.39, 0.29) is 5.91 Å². The minimum Gasteiger partial charge on any atom is -0.481 e. The number of amides is 1. The number of fused-ring (bicyclic) bond motifs is 1. The fourth-order valence-corrected chi connectivity index (χ4v) is 3.34. The molecule has 1 fully saturated rings. The van der Waals surface area contributed by atoms with Gasteiger partial charge in [-0.1, -0.05) is 18.6 Å². The molecule has 0 bridgehead atoms. The van der Waals surface area contributed by atoms with Gasteiger partial charge >= 0.3 is 5.97 Å². The first-order valence-electron chi connectivity index (χ1n) is 6.70. The van der Waals surface area contributed by atoms with Crippen LogP contribution in [-0.2, 0) is 21.4 Å². The third-order valence-electron chi connectivity index (χ3n) is 4.54. The molecule has 3 rings (SSSR count). The molecule has 4 nitrogen and oxygen atoms in total. The van der Waals surface area contributed by atoms with E-state index in [0.717, 1.165) is 29.7 Å². The van der Waals surface area contributed by atoms with Crippen LogP contribution in [0.25, 0.3) is 0 Å². The maximum absolute atomic E-state index is 11.6. The lowest BCUT2D eigenvalue weighted by atomic mass is 9.63. The van der Waals surface area contributed by atoms with Crippen molar-refractivity contribution in [1.29, 1.82) is 0 Å². The van der Waals surface area contributed by atoms with Gasteiger partial charge in [-0.3, -0.25) is 9.59 Å². The topological polar surface area (TPSA) is 57.6 Å². The van der Waals surface area contributed by atoms with Crippen LogP contribution in [0.4, 0.5) is 5.69 Å². The van der Waals surface area contributed by atoms with Crippen molar-refractivity contribution in [2.75, 3.05) is 11.4 Å². The summed E-state index contributed by atoms with van der Waals surface area (Å²) in [6, 6.07) is 5.72. The molecule has 1 aliphatic carbocycles. The van der Waals surface area contributed by atoms with E-state index < -0.39 is 11.4 Å². The molecule has 1 N–H and O–H groups in total. The smallest absolute Gasteiger partial charge is 0.314 e. The summed E-state index contributed by atoms with van der Waals surface area (Å²) < 4.78 is 0. The monoisotopic (exact) mass is 259 g/mol. The Balaban J connectivity index is 2.11. The molecule has 0 spiro atoms. The summed E-state index contributed by atoms with van der Waals surface area (Å²) in [6.07, 6.45) is 3.14. The first-order chi connectivity index (χ1) is 9.06. The van der Waals surface area contributed by atoms with E-state index in [0.29, 0.717) is 19.4 Å². The van der Waals surface area contributed by atoms with Crippen LogP contribution >= 0.6 is 0 Å². The van der Waals surface area contributed by atoms with Gasteiger partial charge in [0, 0.05) is 19.2 Å². The number of carboxylic acids is 1. The average Bonchev–Trinajstić information content (AvgIpc) is 2.71. The molecule has 0 radical (unpaired) electrons. The number of carbonyl (C=O) groups is 2. The van der Waals surface area contributed by atoms with Gasteiger partial charge in [0.2, 0.25) is 5.91 Å². The highest BCUT2D eigenvalue weighted by atomic mass is 16.4. The van der Waals surface area contributed by atoms with Crippen molar-refractivity contribution in [3.63, 3.8) is 0 Å². The number of hydrogen-bond acceptors (Lipinski definition) is 2. The second kappa shape index (κ2) is 4.08. The highest BCUT2D eigenvalue weighted by molar-refractivity contribution is 5.95. The molecule has 100 valence electrons. The number of benzene rings is 1. The molecule has 0 atom stereocenters. The Morgan fingerprint density at radius 2 is 2.05 bits per heavy atom. The molecule has 1 aromatic rings. The highest BCUT2D eigenvalue weighted by Gasteiger charge is 2.48. The Kier molecular flexibility index (Phi) is 2.62. The number of carbonyl (C=O) groups excluding carboxylic acids is 1. The highest BCUT2D eigenvalue weighted by Crippen LogP contribution is 2.48. The summed E-state index contributed by atoms with van der Waals surface area (Å²) in [4.78, 5) is 25.0. The maximum atomic E-state index is 11.6. The Morgan fingerprint density at radius 1 is 1.32 bits per heavy atom. The lowest BCUT2D eigenvalue weighted by Gasteiger charge is -2.39. The van der Waals surface area contributed by atoms with Crippen LogP contribution in [0, 0.1) is 0 Å². The standard InChI is InChI=1S/C15H17NO3/c1-10(17)16-9-6-11-12(4-2-5-13(11)16)15(14(18)19)7-3-8-15/h2,4-5H,3,6-9H2,1H3,(H,18,19). The minimum absolute atomic E-state index is 0.0221. The van der Waals surface area contributed by atoms with Crippen LogP contribution in [0.2, 0.25) is 0 Å². The molecule has 4 heteroatoms. The van der Waals surface area contributed by atoms with E-state index >= 15 is 0 Å². The van der Waals surface area contributed by atoms with Crippen LogP contribution < -0.4 is 4.90 Å². The summed E-state index contributed by atoms with van der Waals surface area (Å²) in [5.41, 5.74) is 2.17. The number of rotatable bonds is 2. The number of nitrogens with zero attached hydrogens (tertiary/aromatic N) is 1. The zero-order valence-electron chi connectivity index (χ0n) is 11.0. The van der Waals surface area contributed by atoms with Crippen molar-refractivity contribution in [3.8, 4) is 0 Å². The second-order valence-electron chi connectivity index (χ2n) is 5.46. The SMILES string of the molecule is CC(=O)N1CCc2c1cccc2C1(C(=O)O)CCC1. The minimum atomic E-state index is -0.728. The van der Waals surface area contributed by atoms with Gasteiger partial charge in [0.05, 0.1) is 5.41 Å². The van der Waals surface area contributed by atoms with Crippen LogP contribution in [0.1, 0.15) is 37.3 Å². The predicted molar refractivity (Wildman–Crippen MR) is 71.3 cm³/mol. The Morgan fingerprint density at radius 3 is 2.58 bits per heavy atom. The molecule has 19 heavy (non-hydrogen) atoms. The number of carboxylic acid groups (broad SMARTS) is 1. The number of anilines is 1. The summed E-state index contributed by atoms with van der Waals surface area (Å²) in [5.74, 6) is -0.706. The van der Waals surface area contributed by atoms with Crippen molar-refractivity contribution >= 4 is 17.6 Å². The van der Waals surface area contributed by atoms with Crippen molar-refractivity contribution in [1.82, 2.24) is 0 Å². The molecule has 1 aliphatic heterocycles. The molecular formula is C15H17NO3. The summed E-state index contributed by atoms with van der Waals surface area (Å²) >= 11 is 0. The Labute approximate surface area is 112 Å². The molecule has 0 saturated heterocycles. The first-order valence-corrected chi connectivity index (χ1v) is 6.70. The Bertz CT molecular complexity index is 561. The van der Waals surface area contributed by atoms with Crippen molar-refractivity contribution < 1.29 is 14.7 Å². The zero-order chi connectivity index (χ0) is 13.6. The van der Waals surface area contributed by atoms with Gasteiger partial charge in [-0.05, 0) is 36.5 Å². The van der Waals surface area contributed by atoms with Crippen molar-refractivity contribution in [3.05, 3.63) is 29.3 Å². The lowest BCUT2D eigenvalue weighted by molar-refractivity contribution is -0.147. The van der Waals surface area contributed by atoms with E-state index in [4.69, 9.17) is 0 Å². The third-order valence-corrected chi connectivity index (χ3v) is 4.54. The largest absolute Gasteiger partial charge is 0.481 e. The first kappa shape index (κ1) is 12.2. The number of hydrogen-bond donors (Lipinski definition) is 1. The normalized spacial score (nSPS) is 19.7. The summed E-state index contributed by atoms with van der Waals surface area (Å²) in [6.45, 7) is 2.22.